The molecule has 3 fully saturated rings. The van der Waals surface area contributed by atoms with Gasteiger partial charge in [-0.3, -0.25) is 4.79 Å². The summed E-state index contributed by atoms with van der Waals surface area (Å²) < 4.78 is 60.5. The van der Waals surface area contributed by atoms with Crippen LogP contribution in [0, 0.1) is 11.2 Å². The van der Waals surface area contributed by atoms with Crippen molar-refractivity contribution in [2.75, 3.05) is 57.9 Å². The number of halogens is 1. The van der Waals surface area contributed by atoms with E-state index in [9.17, 15) is 17.6 Å². The van der Waals surface area contributed by atoms with Crippen molar-refractivity contribution in [3.63, 3.8) is 0 Å². The molecule has 0 bridgehead atoms. The lowest BCUT2D eigenvalue weighted by molar-refractivity contribution is -0.0299. The number of carbonyl (C=O) groups excluding carboxylic acids is 1. The normalized spacial score (nSPS) is 20.8. The standard InChI is InChI=1S/C36H47FN6O6S/c1-5-43(25(2)3)35(44)31-17-26(37)9-12-32(31)49-33-19-38-24-39-34(33)42-22-36(23-42)13-15-41(16-14-36)20-29-11-10-27(21-48-29)40-50(45,46)30-8-6-7-28(18-30)47-4/h6-9,12,17-19,24-25,27,29,40H,5,10-11,13-16,20-23H2,1-4H3/t27-,29+/m1/s1. The van der Waals surface area contributed by atoms with Crippen LogP contribution in [0.25, 0.3) is 0 Å². The van der Waals surface area contributed by atoms with E-state index in [-0.39, 0.29) is 45.7 Å². The van der Waals surface area contributed by atoms with Crippen LogP contribution in [-0.4, -0.2) is 105 Å². The number of sulfonamides is 1. The molecule has 1 N–H and O–H groups in total. The molecule has 3 aromatic rings. The van der Waals surface area contributed by atoms with Gasteiger partial charge in [0.25, 0.3) is 5.91 Å². The minimum absolute atomic E-state index is 0.0510. The molecular formula is C36H47FN6O6S. The smallest absolute Gasteiger partial charge is 0.257 e. The molecule has 14 heteroatoms. The highest BCUT2D eigenvalue weighted by atomic mass is 32.2. The van der Waals surface area contributed by atoms with E-state index in [4.69, 9.17) is 14.2 Å². The highest BCUT2D eigenvalue weighted by Gasteiger charge is 2.46. The van der Waals surface area contributed by atoms with Gasteiger partial charge in [-0.05, 0) is 89.9 Å². The molecule has 0 unspecified atom stereocenters. The van der Waals surface area contributed by atoms with Gasteiger partial charge in [0.2, 0.25) is 10.0 Å². The van der Waals surface area contributed by atoms with Crippen LogP contribution in [-0.2, 0) is 14.8 Å². The predicted molar refractivity (Wildman–Crippen MR) is 187 cm³/mol. The van der Waals surface area contributed by atoms with Crippen LogP contribution in [0.4, 0.5) is 10.2 Å². The molecule has 2 aromatic carbocycles. The molecule has 12 nitrogen and oxygen atoms in total. The summed E-state index contributed by atoms with van der Waals surface area (Å²) in [5, 5.41) is 0. The highest BCUT2D eigenvalue weighted by Crippen LogP contribution is 2.45. The number of hydrogen-bond donors (Lipinski definition) is 1. The summed E-state index contributed by atoms with van der Waals surface area (Å²) in [7, 11) is -2.16. The highest BCUT2D eigenvalue weighted by molar-refractivity contribution is 7.89. The summed E-state index contributed by atoms with van der Waals surface area (Å²) in [6.45, 7) is 11.0. The number of piperidine rings is 1. The van der Waals surface area contributed by atoms with Gasteiger partial charge in [-0.25, -0.2) is 27.5 Å². The topological polar surface area (TPSA) is 126 Å². The van der Waals surface area contributed by atoms with Crippen LogP contribution in [0.5, 0.6) is 17.2 Å². The number of amides is 1. The molecule has 1 amide bonds. The van der Waals surface area contributed by atoms with Gasteiger partial charge in [-0.1, -0.05) is 6.07 Å². The maximum Gasteiger partial charge on any atom is 0.257 e. The molecule has 0 aliphatic carbocycles. The molecule has 2 atom stereocenters. The average Bonchev–Trinajstić information content (AvgIpc) is 3.09. The lowest BCUT2D eigenvalue weighted by atomic mass is 9.72. The number of rotatable bonds is 12. The van der Waals surface area contributed by atoms with Crippen molar-refractivity contribution >= 4 is 21.7 Å². The van der Waals surface area contributed by atoms with E-state index >= 15 is 0 Å². The molecule has 270 valence electrons. The summed E-state index contributed by atoms with van der Waals surface area (Å²) >= 11 is 0. The molecular weight excluding hydrogens is 663 g/mol. The molecule has 3 aliphatic heterocycles. The summed E-state index contributed by atoms with van der Waals surface area (Å²) in [5.74, 6) is 1.03. The number of anilines is 1. The minimum atomic E-state index is -3.67. The number of ether oxygens (including phenoxy) is 3. The molecule has 1 aromatic heterocycles. The Hall–Kier alpha value is -3.85. The second-order valence-electron chi connectivity index (χ2n) is 13.8. The SMILES string of the molecule is CCN(C(=O)c1cc(F)ccc1Oc1cncnc1N1CC2(CCN(C[C@@H]3CC[C@@H](NS(=O)(=O)c4cccc(OC)c4)CO3)CC2)C1)C(C)C. The number of nitrogens with one attached hydrogen (secondary N) is 1. The Kier molecular flexibility index (Phi) is 10.9. The lowest BCUT2D eigenvalue weighted by Gasteiger charge is -2.54. The monoisotopic (exact) mass is 710 g/mol. The van der Waals surface area contributed by atoms with Gasteiger partial charge >= 0.3 is 0 Å². The second-order valence-corrected chi connectivity index (χ2v) is 15.5. The van der Waals surface area contributed by atoms with E-state index in [0.29, 0.717) is 36.9 Å². The first-order valence-electron chi connectivity index (χ1n) is 17.3. The van der Waals surface area contributed by atoms with Gasteiger partial charge in [-0.15, -0.1) is 0 Å². The van der Waals surface area contributed by atoms with Crippen LogP contribution >= 0.6 is 0 Å². The van der Waals surface area contributed by atoms with Gasteiger partial charge in [0.15, 0.2) is 11.6 Å². The molecule has 6 rings (SSSR count). The predicted octanol–water partition coefficient (Wildman–Crippen LogP) is 4.72. The summed E-state index contributed by atoms with van der Waals surface area (Å²) in [6.07, 6.45) is 6.72. The quantitative estimate of drug-likeness (QED) is 0.282. The summed E-state index contributed by atoms with van der Waals surface area (Å²) in [5.41, 5.74) is 0.334. The van der Waals surface area contributed by atoms with Crippen LogP contribution in [0.1, 0.15) is 56.8 Å². The molecule has 4 heterocycles. The number of likely N-dealkylation sites (tertiary alicyclic amines) is 1. The average molecular weight is 711 g/mol. The zero-order chi connectivity index (χ0) is 35.5. The molecule has 0 radical (unpaired) electrons. The van der Waals surface area contributed by atoms with E-state index in [1.54, 1.807) is 29.3 Å². The van der Waals surface area contributed by atoms with Gasteiger partial charge in [0.1, 0.15) is 23.6 Å². The molecule has 1 spiro atoms. The van der Waals surface area contributed by atoms with E-state index in [2.05, 4.69) is 24.5 Å². The number of benzene rings is 2. The third kappa shape index (κ3) is 8.03. The maximum atomic E-state index is 14.3. The van der Waals surface area contributed by atoms with Crippen molar-refractivity contribution in [2.45, 2.75) is 69.5 Å². The van der Waals surface area contributed by atoms with Crippen LogP contribution in [0.3, 0.4) is 0 Å². The van der Waals surface area contributed by atoms with Crippen molar-refractivity contribution in [1.29, 1.82) is 0 Å². The fourth-order valence-electron chi connectivity index (χ4n) is 7.22. The number of methoxy groups -OCH3 is 1. The first kappa shape index (κ1) is 36.0. The lowest BCUT2D eigenvalue weighted by Crippen LogP contribution is -2.61. The number of carbonyl (C=O) groups is 1. The molecule has 3 saturated heterocycles. The van der Waals surface area contributed by atoms with Crippen molar-refractivity contribution in [1.82, 2.24) is 24.5 Å². The van der Waals surface area contributed by atoms with Crippen molar-refractivity contribution in [3.05, 3.63) is 66.4 Å². The van der Waals surface area contributed by atoms with E-state index in [0.717, 1.165) is 52.0 Å². The van der Waals surface area contributed by atoms with Gasteiger partial charge in [0, 0.05) is 49.7 Å². The first-order chi connectivity index (χ1) is 24.0. The third-order valence-electron chi connectivity index (χ3n) is 10.0. The van der Waals surface area contributed by atoms with E-state index < -0.39 is 15.8 Å². The number of hydrogen-bond acceptors (Lipinski definition) is 10. The first-order valence-corrected chi connectivity index (χ1v) is 18.8. The molecule has 50 heavy (non-hydrogen) atoms. The van der Waals surface area contributed by atoms with Gasteiger partial charge in [0.05, 0.1) is 36.5 Å². The number of nitrogens with zero attached hydrogens (tertiary/aromatic N) is 5. The summed E-state index contributed by atoms with van der Waals surface area (Å²) in [6, 6.07) is 10.1. The Bertz CT molecular complexity index is 1750. The fourth-order valence-corrected chi connectivity index (χ4v) is 8.51. The minimum Gasteiger partial charge on any atom is -0.497 e. The molecule has 3 aliphatic rings. The maximum absolute atomic E-state index is 14.3. The Balaban J connectivity index is 0.994. The van der Waals surface area contributed by atoms with E-state index in [1.165, 1.54) is 37.7 Å². The van der Waals surface area contributed by atoms with Crippen molar-refractivity contribution < 1.29 is 31.8 Å². The zero-order valence-electron chi connectivity index (χ0n) is 29.2. The van der Waals surface area contributed by atoms with Crippen LogP contribution in [0.15, 0.2) is 59.9 Å². The van der Waals surface area contributed by atoms with Gasteiger partial charge in [-0.2, -0.15) is 0 Å². The second kappa shape index (κ2) is 15.2. The summed E-state index contributed by atoms with van der Waals surface area (Å²) in [4.78, 5) is 28.5. The fraction of sp³-hybridized carbons (Fsp3) is 0.528. The van der Waals surface area contributed by atoms with Crippen LogP contribution in [0.2, 0.25) is 0 Å². The third-order valence-corrected chi connectivity index (χ3v) is 11.6. The zero-order valence-corrected chi connectivity index (χ0v) is 30.0. The Morgan fingerprint density at radius 3 is 2.60 bits per heavy atom. The van der Waals surface area contributed by atoms with Gasteiger partial charge < -0.3 is 28.9 Å². The Morgan fingerprint density at radius 1 is 1.14 bits per heavy atom. The van der Waals surface area contributed by atoms with E-state index in [1.807, 2.05) is 20.8 Å². The van der Waals surface area contributed by atoms with Crippen LogP contribution < -0.4 is 19.1 Å². The molecule has 0 saturated carbocycles. The largest absolute Gasteiger partial charge is 0.497 e. The van der Waals surface area contributed by atoms with Crippen molar-refractivity contribution in [3.8, 4) is 17.2 Å². The Labute approximate surface area is 294 Å². The number of aromatic nitrogens is 2. The van der Waals surface area contributed by atoms with Crippen molar-refractivity contribution in [2.24, 2.45) is 5.41 Å². The Morgan fingerprint density at radius 2 is 1.92 bits per heavy atom.